The summed E-state index contributed by atoms with van der Waals surface area (Å²) in [6.07, 6.45) is 2.71. The van der Waals surface area contributed by atoms with E-state index in [1.165, 1.54) is 5.56 Å². The van der Waals surface area contributed by atoms with Crippen LogP contribution < -0.4 is 16.0 Å². The number of hydrogen-bond acceptors (Lipinski definition) is 4. The van der Waals surface area contributed by atoms with Crippen LogP contribution in [-0.2, 0) is 13.0 Å². The number of hydrazine groups is 1. The molecule has 18 heavy (non-hydrogen) atoms. The third kappa shape index (κ3) is 3.21. The van der Waals surface area contributed by atoms with E-state index in [4.69, 9.17) is 10.6 Å². The first-order valence-corrected chi connectivity index (χ1v) is 5.95. The summed E-state index contributed by atoms with van der Waals surface area (Å²) in [4.78, 5) is 4.05. The normalized spacial score (nSPS) is 10.1. The van der Waals surface area contributed by atoms with E-state index in [9.17, 15) is 0 Å². The van der Waals surface area contributed by atoms with Crippen molar-refractivity contribution in [1.82, 2.24) is 4.98 Å². The molecule has 94 valence electrons. The Balaban J connectivity index is 2.01. The molecule has 0 aliphatic heterocycles. The minimum absolute atomic E-state index is 0.504. The van der Waals surface area contributed by atoms with Gasteiger partial charge < -0.3 is 10.2 Å². The van der Waals surface area contributed by atoms with Gasteiger partial charge in [0.1, 0.15) is 18.2 Å². The lowest BCUT2D eigenvalue weighted by Gasteiger charge is -2.08. The Hall–Kier alpha value is -2.07. The van der Waals surface area contributed by atoms with Crippen LogP contribution in [0.25, 0.3) is 0 Å². The summed E-state index contributed by atoms with van der Waals surface area (Å²) in [6, 6.07) is 11.9. The summed E-state index contributed by atoms with van der Waals surface area (Å²) >= 11 is 0. The van der Waals surface area contributed by atoms with Crippen molar-refractivity contribution in [3.05, 3.63) is 53.7 Å². The molecule has 1 heterocycles. The maximum atomic E-state index is 5.74. The number of pyridine rings is 1. The van der Waals surface area contributed by atoms with Crippen LogP contribution >= 0.6 is 0 Å². The van der Waals surface area contributed by atoms with Crippen molar-refractivity contribution in [2.24, 2.45) is 5.84 Å². The van der Waals surface area contributed by atoms with Crippen molar-refractivity contribution in [2.75, 3.05) is 5.43 Å². The standard InChI is InChI=1S/C14H17N3O/c1-2-11-4-3-5-13(8-11)18-10-12-6-7-16-14(9-12)17-15/h3-9H,2,10,15H2,1H3,(H,16,17). The molecule has 0 saturated carbocycles. The molecule has 0 fully saturated rings. The van der Waals surface area contributed by atoms with Gasteiger partial charge in [-0.05, 0) is 41.8 Å². The molecule has 0 spiro atoms. The number of nitrogens with zero attached hydrogens (tertiary/aromatic N) is 1. The van der Waals surface area contributed by atoms with Gasteiger partial charge in [-0.1, -0.05) is 19.1 Å². The highest BCUT2D eigenvalue weighted by Gasteiger charge is 1.99. The summed E-state index contributed by atoms with van der Waals surface area (Å²) < 4.78 is 5.74. The Labute approximate surface area is 107 Å². The molecule has 1 aromatic carbocycles. The van der Waals surface area contributed by atoms with Crippen LogP contribution in [0.4, 0.5) is 5.82 Å². The van der Waals surface area contributed by atoms with Gasteiger partial charge in [0.25, 0.3) is 0 Å². The number of benzene rings is 1. The molecule has 0 atom stereocenters. The first-order chi connectivity index (χ1) is 8.81. The fourth-order valence-corrected chi connectivity index (χ4v) is 1.66. The van der Waals surface area contributed by atoms with Gasteiger partial charge in [-0.2, -0.15) is 0 Å². The second-order valence-corrected chi connectivity index (χ2v) is 3.98. The highest BCUT2D eigenvalue weighted by atomic mass is 16.5. The molecule has 0 aliphatic rings. The number of aryl methyl sites for hydroxylation is 1. The summed E-state index contributed by atoms with van der Waals surface area (Å²) in [6.45, 7) is 2.63. The van der Waals surface area contributed by atoms with Crippen LogP contribution in [0.1, 0.15) is 18.1 Å². The van der Waals surface area contributed by atoms with Crippen LogP contribution in [0.2, 0.25) is 0 Å². The van der Waals surface area contributed by atoms with Gasteiger partial charge in [0, 0.05) is 6.20 Å². The Morgan fingerprint density at radius 2 is 2.11 bits per heavy atom. The monoisotopic (exact) mass is 243 g/mol. The van der Waals surface area contributed by atoms with Gasteiger partial charge in [0.15, 0.2) is 0 Å². The van der Waals surface area contributed by atoms with Crippen LogP contribution in [0.15, 0.2) is 42.6 Å². The predicted octanol–water partition coefficient (Wildman–Crippen LogP) is 2.51. The van der Waals surface area contributed by atoms with Gasteiger partial charge in [-0.25, -0.2) is 10.8 Å². The smallest absolute Gasteiger partial charge is 0.140 e. The summed E-state index contributed by atoms with van der Waals surface area (Å²) in [5.41, 5.74) is 4.81. The van der Waals surface area contributed by atoms with Gasteiger partial charge in [0.05, 0.1) is 0 Å². The molecule has 4 heteroatoms. The molecule has 3 N–H and O–H groups in total. The van der Waals surface area contributed by atoms with Crippen LogP contribution in [-0.4, -0.2) is 4.98 Å². The van der Waals surface area contributed by atoms with E-state index in [2.05, 4.69) is 29.5 Å². The topological polar surface area (TPSA) is 60.2 Å². The minimum Gasteiger partial charge on any atom is -0.489 e. The van der Waals surface area contributed by atoms with Gasteiger partial charge in [-0.3, -0.25) is 0 Å². The average molecular weight is 243 g/mol. The zero-order chi connectivity index (χ0) is 12.8. The maximum absolute atomic E-state index is 5.74. The zero-order valence-electron chi connectivity index (χ0n) is 10.4. The molecule has 0 unspecified atom stereocenters. The Morgan fingerprint density at radius 3 is 2.89 bits per heavy atom. The molecular weight excluding hydrogens is 226 g/mol. The Kier molecular flexibility index (Phi) is 4.15. The van der Waals surface area contributed by atoms with Crippen molar-refractivity contribution in [3.8, 4) is 5.75 Å². The highest BCUT2D eigenvalue weighted by molar-refractivity contribution is 5.36. The second-order valence-electron chi connectivity index (χ2n) is 3.98. The van der Waals surface area contributed by atoms with Crippen molar-refractivity contribution >= 4 is 5.82 Å². The summed E-state index contributed by atoms with van der Waals surface area (Å²) in [7, 11) is 0. The van der Waals surface area contributed by atoms with E-state index in [1.807, 2.05) is 24.3 Å². The largest absolute Gasteiger partial charge is 0.489 e. The predicted molar refractivity (Wildman–Crippen MR) is 72.2 cm³/mol. The first-order valence-electron chi connectivity index (χ1n) is 5.95. The SMILES string of the molecule is CCc1cccc(OCc2ccnc(NN)c2)c1. The second kappa shape index (κ2) is 6.02. The van der Waals surface area contributed by atoms with E-state index < -0.39 is 0 Å². The number of nitrogens with two attached hydrogens (primary N) is 1. The number of nitrogens with one attached hydrogen (secondary N) is 1. The van der Waals surface area contributed by atoms with Crippen LogP contribution in [0, 0.1) is 0 Å². The van der Waals surface area contributed by atoms with Gasteiger partial charge >= 0.3 is 0 Å². The lowest BCUT2D eigenvalue weighted by Crippen LogP contribution is -2.09. The van der Waals surface area contributed by atoms with E-state index >= 15 is 0 Å². The third-order valence-corrected chi connectivity index (χ3v) is 2.68. The molecule has 4 nitrogen and oxygen atoms in total. The third-order valence-electron chi connectivity index (χ3n) is 2.68. The lowest BCUT2D eigenvalue weighted by atomic mass is 10.2. The van der Waals surface area contributed by atoms with E-state index in [1.54, 1.807) is 6.20 Å². The van der Waals surface area contributed by atoms with E-state index in [-0.39, 0.29) is 0 Å². The minimum atomic E-state index is 0.504. The number of nitrogen functional groups attached to an aromatic ring is 1. The summed E-state index contributed by atoms with van der Waals surface area (Å²) in [5, 5.41) is 0. The molecule has 2 aromatic rings. The Bertz CT molecular complexity index is 466. The maximum Gasteiger partial charge on any atom is 0.140 e. The van der Waals surface area contributed by atoms with Crippen molar-refractivity contribution in [2.45, 2.75) is 20.0 Å². The van der Waals surface area contributed by atoms with Gasteiger partial charge in [-0.15, -0.1) is 0 Å². The zero-order valence-corrected chi connectivity index (χ0v) is 10.4. The number of ether oxygens (including phenoxy) is 1. The van der Waals surface area contributed by atoms with E-state index in [0.29, 0.717) is 12.4 Å². The van der Waals surface area contributed by atoms with Crippen molar-refractivity contribution in [1.29, 1.82) is 0 Å². The molecule has 0 radical (unpaired) electrons. The highest BCUT2D eigenvalue weighted by Crippen LogP contribution is 2.16. The van der Waals surface area contributed by atoms with E-state index in [0.717, 1.165) is 17.7 Å². The van der Waals surface area contributed by atoms with Crippen LogP contribution in [0.3, 0.4) is 0 Å². The molecule has 0 saturated heterocycles. The van der Waals surface area contributed by atoms with Crippen molar-refractivity contribution < 1.29 is 4.74 Å². The number of rotatable bonds is 5. The summed E-state index contributed by atoms with van der Waals surface area (Å²) in [5.74, 6) is 6.83. The van der Waals surface area contributed by atoms with Gasteiger partial charge in [0.2, 0.25) is 0 Å². The van der Waals surface area contributed by atoms with Crippen molar-refractivity contribution in [3.63, 3.8) is 0 Å². The quantitative estimate of drug-likeness (QED) is 0.625. The fraction of sp³-hybridized carbons (Fsp3) is 0.214. The molecule has 0 aliphatic carbocycles. The molecule has 0 bridgehead atoms. The first kappa shape index (κ1) is 12.4. The number of hydrogen-bond donors (Lipinski definition) is 2. The molecular formula is C14H17N3O. The number of aromatic nitrogens is 1. The average Bonchev–Trinajstić information content (AvgIpc) is 2.45. The number of anilines is 1. The molecule has 1 aromatic heterocycles. The lowest BCUT2D eigenvalue weighted by molar-refractivity contribution is 0.306. The molecule has 2 rings (SSSR count). The fourth-order valence-electron chi connectivity index (χ4n) is 1.66. The van der Waals surface area contributed by atoms with Crippen LogP contribution in [0.5, 0.6) is 5.75 Å². The molecule has 0 amide bonds. The Morgan fingerprint density at radius 1 is 1.22 bits per heavy atom.